The quantitative estimate of drug-likeness (QED) is 0.721. The predicted molar refractivity (Wildman–Crippen MR) is 98.3 cm³/mol. The molecule has 1 aliphatic heterocycles. The minimum atomic E-state index is 0.0647. The van der Waals surface area contributed by atoms with Gasteiger partial charge in [-0.15, -0.1) is 0 Å². The second-order valence-electron chi connectivity index (χ2n) is 7.32. The van der Waals surface area contributed by atoms with Crippen molar-refractivity contribution in [2.45, 2.75) is 58.5 Å². The smallest absolute Gasteiger partial charge is 0.223 e. The summed E-state index contributed by atoms with van der Waals surface area (Å²) >= 11 is 0. The van der Waals surface area contributed by atoms with Crippen LogP contribution >= 0.6 is 0 Å². The van der Waals surface area contributed by atoms with Gasteiger partial charge in [0, 0.05) is 50.3 Å². The van der Waals surface area contributed by atoms with E-state index >= 15 is 0 Å². The van der Waals surface area contributed by atoms with Crippen molar-refractivity contribution in [3.05, 3.63) is 18.2 Å². The molecule has 1 amide bonds. The fourth-order valence-corrected chi connectivity index (χ4v) is 3.27. The molecule has 6 nitrogen and oxygen atoms in total. The second-order valence-corrected chi connectivity index (χ2v) is 7.32. The molecule has 25 heavy (non-hydrogen) atoms. The van der Waals surface area contributed by atoms with E-state index in [-0.39, 0.29) is 17.6 Å². The molecule has 0 spiro atoms. The molecule has 0 N–H and O–H groups in total. The Hall–Kier alpha value is -1.69. The van der Waals surface area contributed by atoms with E-state index < -0.39 is 0 Å². The molecule has 2 heterocycles. The van der Waals surface area contributed by atoms with Crippen LogP contribution in [0.15, 0.2) is 12.4 Å². The van der Waals surface area contributed by atoms with E-state index in [1.807, 2.05) is 29.5 Å². The number of likely N-dealkylation sites (tertiary alicyclic amines) is 1. The van der Waals surface area contributed by atoms with Gasteiger partial charge >= 0.3 is 0 Å². The van der Waals surface area contributed by atoms with E-state index in [2.05, 4.69) is 24.0 Å². The summed E-state index contributed by atoms with van der Waals surface area (Å²) in [4.78, 5) is 33.2. The average Bonchev–Trinajstić information content (AvgIpc) is 3.05. The largest absolute Gasteiger partial charge is 0.343 e. The molecule has 1 aromatic rings. The van der Waals surface area contributed by atoms with Crippen molar-refractivity contribution in [1.29, 1.82) is 0 Å². The van der Waals surface area contributed by atoms with Crippen LogP contribution in [0.5, 0.6) is 0 Å². The average molecular weight is 348 g/mol. The molecule has 1 fully saturated rings. The van der Waals surface area contributed by atoms with Crippen molar-refractivity contribution in [2.75, 3.05) is 27.2 Å². The minimum Gasteiger partial charge on any atom is -0.343 e. The van der Waals surface area contributed by atoms with E-state index in [1.165, 1.54) is 0 Å². The van der Waals surface area contributed by atoms with Crippen molar-refractivity contribution < 1.29 is 9.59 Å². The normalized spacial score (nSPS) is 17.1. The zero-order valence-electron chi connectivity index (χ0n) is 16.1. The molecule has 0 aromatic carbocycles. The molecule has 1 saturated heterocycles. The number of imidazole rings is 1. The lowest BCUT2D eigenvalue weighted by Gasteiger charge is -2.35. The number of hydrogen-bond donors (Lipinski definition) is 0. The van der Waals surface area contributed by atoms with Gasteiger partial charge in [-0.3, -0.25) is 9.59 Å². The van der Waals surface area contributed by atoms with Gasteiger partial charge in [0.1, 0.15) is 5.82 Å². The monoisotopic (exact) mass is 348 g/mol. The van der Waals surface area contributed by atoms with Gasteiger partial charge < -0.3 is 14.4 Å². The number of nitrogens with zero attached hydrogens (tertiary/aromatic N) is 4. The molecule has 2 rings (SSSR count). The van der Waals surface area contributed by atoms with Gasteiger partial charge in [0.05, 0.1) is 6.54 Å². The van der Waals surface area contributed by atoms with Crippen molar-refractivity contribution in [1.82, 2.24) is 19.4 Å². The summed E-state index contributed by atoms with van der Waals surface area (Å²) in [6, 6.07) is 0.578. The van der Waals surface area contributed by atoms with Crippen molar-refractivity contribution in [3.8, 4) is 0 Å². The fourth-order valence-electron chi connectivity index (χ4n) is 3.27. The Kier molecular flexibility index (Phi) is 7.17. The molecule has 0 radical (unpaired) electrons. The first kappa shape index (κ1) is 19.6. The summed E-state index contributed by atoms with van der Waals surface area (Å²) in [6.07, 6.45) is 7.53. The van der Waals surface area contributed by atoms with Crippen LogP contribution in [-0.2, 0) is 22.6 Å². The number of rotatable bonds is 8. The van der Waals surface area contributed by atoms with Crippen LogP contribution in [0.1, 0.15) is 45.4 Å². The first-order valence-electron chi connectivity index (χ1n) is 9.39. The summed E-state index contributed by atoms with van der Waals surface area (Å²) in [5, 5.41) is 0. The summed E-state index contributed by atoms with van der Waals surface area (Å²) < 4.78 is 1.89. The molecular weight excluding hydrogens is 316 g/mol. The number of amides is 1. The molecular formula is C19H32N4O2. The maximum absolute atomic E-state index is 12.5. The van der Waals surface area contributed by atoms with Gasteiger partial charge in [-0.25, -0.2) is 4.98 Å². The molecule has 0 saturated carbocycles. The number of carbonyl (C=O) groups excluding carboxylic acids is 2. The number of aromatic nitrogens is 2. The summed E-state index contributed by atoms with van der Waals surface area (Å²) in [6.45, 7) is 6.01. The summed E-state index contributed by atoms with van der Waals surface area (Å²) in [5.41, 5.74) is 0. The van der Waals surface area contributed by atoms with Crippen molar-refractivity contribution >= 4 is 11.7 Å². The van der Waals surface area contributed by atoms with Gasteiger partial charge in [-0.2, -0.15) is 0 Å². The zero-order valence-corrected chi connectivity index (χ0v) is 16.1. The van der Waals surface area contributed by atoms with E-state index in [0.29, 0.717) is 25.4 Å². The van der Waals surface area contributed by atoms with Crippen LogP contribution < -0.4 is 0 Å². The van der Waals surface area contributed by atoms with Crippen LogP contribution in [0, 0.1) is 5.92 Å². The van der Waals surface area contributed by atoms with Crippen molar-refractivity contribution in [2.24, 2.45) is 5.92 Å². The highest BCUT2D eigenvalue weighted by Gasteiger charge is 2.24. The molecule has 140 valence electrons. The number of ketones is 1. The van der Waals surface area contributed by atoms with E-state index in [9.17, 15) is 9.59 Å². The highest BCUT2D eigenvalue weighted by molar-refractivity contribution is 5.80. The standard InChI is InChI=1S/C19H32N4O2/c1-5-15(2)17(24)14-23-13-10-20-18(23)6-7-19(25)22-11-8-16(9-12-22)21(3)4/h10,13,15-16H,5-9,11-12,14H2,1-4H3. The van der Waals surface area contributed by atoms with E-state index in [0.717, 1.165) is 38.2 Å². The van der Waals surface area contributed by atoms with Crippen LogP contribution in [0.25, 0.3) is 0 Å². The third-order valence-electron chi connectivity index (χ3n) is 5.40. The predicted octanol–water partition coefficient (Wildman–Crippen LogP) is 1.98. The molecule has 6 heteroatoms. The molecule has 0 bridgehead atoms. The summed E-state index contributed by atoms with van der Waals surface area (Å²) in [5.74, 6) is 1.31. The number of piperidine rings is 1. The van der Waals surface area contributed by atoms with Gasteiger partial charge in [0.15, 0.2) is 5.78 Å². The molecule has 1 aliphatic rings. The number of hydrogen-bond acceptors (Lipinski definition) is 4. The Balaban J connectivity index is 1.83. The third kappa shape index (κ3) is 5.39. The van der Waals surface area contributed by atoms with E-state index in [1.54, 1.807) is 6.20 Å². The maximum atomic E-state index is 12.5. The molecule has 1 unspecified atom stereocenters. The first-order chi connectivity index (χ1) is 11.9. The molecule has 1 atom stereocenters. The van der Waals surface area contributed by atoms with Gasteiger partial charge in [-0.1, -0.05) is 13.8 Å². The molecule has 0 aliphatic carbocycles. The Morgan fingerprint density at radius 2 is 2.00 bits per heavy atom. The maximum Gasteiger partial charge on any atom is 0.223 e. The minimum absolute atomic E-state index is 0.0647. The topological polar surface area (TPSA) is 58.4 Å². The van der Waals surface area contributed by atoms with Crippen LogP contribution in [0.4, 0.5) is 0 Å². The number of Topliss-reactive ketones (excluding diaryl/α,β-unsaturated/α-hetero) is 1. The SMILES string of the molecule is CCC(C)C(=O)Cn1ccnc1CCC(=O)N1CCC(N(C)C)CC1. The number of aryl methyl sites for hydroxylation is 1. The van der Waals surface area contributed by atoms with Crippen LogP contribution in [-0.4, -0.2) is 64.3 Å². The summed E-state index contributed by atoms with van der Waals surface area (Å²) in [7, 11) is 4.20. The Bertz CT molecular complexity index is 574. The van der Waals surface area contributed by atoms with Gasteiger partial charge in [-0.05, 0) is 33.4 Å². The number of carbonyl (C=O) groups is 2. The van der Waals surface area contributed by atoms with Crippen molar-refractivity contribution in [3.63, 3.8) is 0 Å². The zero-order chi connectivity index (χ0) is 18.4. The second kappa shape index (κ2) is 9.13. The lowest BCUT2D eigenvalue weighted by atomic mass is 10.0. The highest BCUT2D eigenvalue weighted by atomic mass is 16.2. The Morgan fingerprint density at radius 1 is 1.32 bits per heavy atom. The van der Waals surface area contributed by atoms with Crippen LogP contribution in [0.2, 0.25) is 0 Å². The van der Waals surface area contributed by atoms with Crippen LogP contribution in [0.3, 0.4) is 0 Å². The highest BCUT2D eigenvalue weighted by Crippen LogP contribution is 2.16. The van der Waals surface area contributed by atoms with E-state index in [4.69, 9.17) is 0 Å². The lowest BCUT2D eigenvalue weighted by Crippen LogP contribution is -2.44. The lowest BCUT2D eigenvalue weighted by molar-refractivity contribution is -0.132. The fraction of sp³-hybridized carbons (Fsp3) is 0.737. The van der Waals surface area contributed by atoms with Gasteiger partial charge in [0.25, 0.3) is 0 Å². The van der Waals surface area contributed by atoms with Gasteiger partial charge in [0.2, 0.25) is 5.91 Å². The first-order valence-corrected chi connectivity index (χ1v) is 9.39. The third-order valence-corrected chi connectivity index (χ3v) is 5.40. The molecule has 1 aromatic heterocycles. The Labute approximate surface area is 151 Å². The Morgan fingerprint density at radius 3 is 2.60 bits per heavy atom.